The van der Waals surface area contributed by atoms with E-state index in [0.29, 0.717) is 31.6 Å². The van der Waals surface area contributed by atoms with Gasteiger partial charge in [0.1, 0.15) is 12.1 Å². The quantitative estimate of drug-likeness (QED) is 0.480. The third kappa shape index (κ3) is 4.85. The molecule has 7 nitrogen and oxygen atoms in total. The van der Waals surface area contributed by atoms with Gasteiger partial charge >= 0.3 is 0 Å². The molecule has 8 heteroatoms. The molecule has 2 atom stereocenters. The third-order valence-electron chi connectivity index (χ3n) is 7.71. The zero-order valence-electron chi connectivity index (χ0n) is 22.4. The number of hydrogen-bond acceptors (Lipinski definition) is 5. The smallest absolute Gasteiger partial charge is 0.255 e. The Labute approximate surface area is 227 Å². The number of carbonyl (C=O) groups excluding carboxylic acids is 3. The van der Waals surface area contributed by atoms with Crippen LogP contribution >= 0.6 is 11.3 Å². The Balaban J connectivity index is 1.27. The molecule has 1 saturated heterocycles. The summed E-state index contributed by atoms with van der Waals surface area (Å²) in [6.45, 7) is 9.33. The topological polar surface area (TPSA) is 82.6 Å². The first-order valence-corrected chi connectivity index (χ1v) is 14.1. The molecular weight excluding hydrogens is 496 g/mol. The summed E-state index contributed by atoms with van der Waals surface area (Å²) in [7, 11) is 0. The number of rotatable bonds is 7. The highest BCUT2D eigenvalue weighted by molar-refractivity contribution is 7.13. The van der Waals surface area contributed by atoms with Crippen molar-refractivity contribution in [2.45, 2.75) is 65.7 Å². The van der Waals surface area contributed by atoms with Crippen molar-refractivity contribution in [3.63, 3.8) is 0 Å². The number of carbonyl (C=O) groups is 3. The fourth-order valence-corrected chi connectivity index (χ4v) is 6.47. The molecule has 38 heavy (non-hydrogen) atoms. The van der Waals surface area contributed by atoms with Gasteiger partial charge in [0.05, 0.1) is 16.1 Å². The van der Waals surface area contributed by atoms with Gasteiger partial charge in [0, 0.05) is 25.2 Å². The summed E-state index contributed by atoms with van der Waals surface area (Å²) in [5, 5.41) is 3.07. The number of likely N-dealkylation sites (tertiary alicyclic amines) is 1. The summed E-state index contributed by atoms with van der Waals surface area (Å²) in [4.78, 5) is 49.2. The van der Waals surface area contributed by atoms with Crippen molar-refractivity contribution >= 4 is 29.1 Å². The lowest BCUT2D eigenvalue weighted by Crippen LogP contribution is -2.55. The number of nitrogens with one attached hydrogen (secondary N) is 1. The normalized spacial score (nSPS) is 17.7. The predicted molar refractivity (Wildman–Crippen MR) is 149 cm³/mol. The van der Waals surface area contributed by atoms with Crippen molar-refractivity contribution in [2.75, 3.05) is 6.54 Å². The van der Waals surface area contributed by atoms with Crippen LogP contribution in [0.3, 0.4) is 0 Å². The predicted octanol–water partition coefficient (Wildman–Crippen LogP) is 4.71. The SMILES string of the molecule is Cc1cc(-c2scnc2C)ccc1CNC(=O)[C@@H]1CCCN1C(=O)C(C(C)C)N1Cc2ccccc2C1=O. The molecule has 0 aliphatic carbocycles. The first-order valence-electron chi connectivity index (χ1n) is 13.2. The molecule has 3 aromatic rings. The van der Waals surface area contributed by atoms with E-state index in [1.54, 1.807) is 21.1 Å². The largest absolute Gasteiger partial charge is 0.350 e. The van der Waals surface area contributed by atoms with Crippen LogP contribution < -0.4 is 5.32 Å². The Morgan fingerprint density at radius 3 is 2.63 bits per heavy atom. The van der Waals surface area contributed by atoms with Crippen LogP contribution in [0.4, 0.5) is 0 Å². The number of amides is 3. The number of hydrogen-bond donors (Lipinski definition) is 1. The van der Waals surface area contributed by atoms with Gasteiger partial charge in [0.2, 0.25) is 11.8 Å². The number of nitrogens with zero attached hydrogens (tertiary/aromatic N) is 3. The van der Waals surface area contributed by atoms with E-state index in [-0.39, 0.29) is 23.6 Å². The Bertz CT molecular complexity index is 1380. The lowest BCUT2D eigenvalue weighted by molar-refractivity contribution is -0.143. The molecule has 0 radical (unpaired) electrons. The molecule has 1 fully saturated rings. The van der Waals surface area contributed by atoms with E-state index in [0.717, 1.165) is 39.2 Å². The van der Waals surface area contributed by atoms with E-state index in [9.17, 15) is 14.4 Å². The number of thiazole rings is 1. The first-order chi connectivity index (χ1) is 18.3. The third-order valence-corrected chi connectivity index (χ3v) is 8.69. The van der Waals surface area contributed by atoms with Crippen molar-refractivity contribution in [3.05, 3.63) is 75.9 Å². The molecule has 5 rings (SSSR count). The Hall–Kier alpha value is -3.52. The second-order valence-electron chi connectivity index (χ2n) is 10.6. The standard InChI is InChI=1S/C30H34N4O3S/c1-18(2)26(34-16-23-8-5-6-9-24(23)29(34)36)30(37)33-13-7-10-25(33)28(35)31-15-22-12-11-21(14-19(22)3)27-20(4)32-17-38-27/h5-6,8-9,11-12,14,17-18,25-26H,7,10,13,15-16H2,1-4H3,(H,31,35)/t25-,26?/m0/s1. The maximum Gasteiger partial charge on any atom is 0.255 e. The summed E-state index contributed by atoms with van der Waals surface area (Å²) < 4.78 is 0. The maximum absolute atomic E-state index is 13.8. The average Bonchev–Trinajstić information content (AvgIpc) is 3.63. The van der Waals surface area contributed by atoms with Crippen molar-refractivity contribution in [2.24, 2.45) is 5.92 Å². The molecule has 1 N–H and O–H groups in total. The molecule has 0 bridgehead atoms. The van der Waals surface area contributed by atoms with Gasteiger partial charge in [0.25, 0.3) is 5.91 Å². The zero-order valence-corrected chi connectivity index (χ0v) is 23.2. The molecule has 1 unspecified atom stereocenters. The van der Waals surface area contributed by atoms with Gasteiger partial charge in [-0.05, 0) is 60.9 Å². The van der Waals surface area contributed by atoms with Gasteiger partial charge in [0.15, 0.2) is 0 Å². The summed E-state index contributed by atoms with van der Waals surface area (Å²) in [6.07, 6.45) is 1.39. The monoisotopic (exact) mass is 530 g/mol. The highest BCUT2D eigenvalue weighted by atomic mass is 32.1. The van der Waals surface area contributed by atoms with Gasteiger partial charge in [-0.15, -0.1) is 11.3 Å². The Kier molecular flexibility index (Phi) is 7.34. The number of aryl methyl sites for hydroxylation is 2. The molecule has 0 saturated carbocycles. The highest BCUT2D eigenvalue weighted by Crippen LogP contribution is 2.31. The molecule has 1 aromatic heterocycles. The molecule has 3 heterocycles. The maximum atomic E-state index is 13.8. The minimum atomic E-state index is -0.603. The first kappa shape index (κ1) is 26.1. The van der Waals surface area contributed by atoms with Crippen LogP contribution in [-0.2, 0) is 22.7 Å². The van der Waals surface area contributed by atoms with Crippen molar-refractivity contribution in [1.29, 1.82) is 0 Å². The van der Waals surface area contributed by atoms with E-state index in [2.05, 4.69) is 22.4 Å². The summed E-state index contributed by atoms with van der Waals surface area (Å²) in [5.41, 5.74) is 7.74. The van der Waals surface area contributed by atoms with E-state index >= 15 is 0 Å². The lowest BCUT2D eigenvalue weighted by Gasteiger charge is -2.35. The summed E-state index contributed by atoms with van der Waals surface area (Å²) in [6, 6.07) is 12.6. The number of benzene rings is 2. The number of aromatic nitrogens is 1. The van der Waals surface area contributed by atoms with E-state index < -0.39 is 12.1 Å². The minimum absolute atomic E-state index is 0.0755. The Morgan fingerprint density at radius 1 is 1.16 bits per heavy atom. The van der Waals surface area contributed by atoms with Crippen LogP contribution in [0.15, 0.2) is 48.0 Å². The fraction of sp³-hybridized carbons (Fsp3) is 0.400. The Morgan fingerprint density at radius 2 is 1.95 bits per heavy atom. The molecule has 2 aromatic carbocycles. The fourth-order valence-electron chi connectivity index (χ4n) is 5.67. The van der Waals surface area contributed by atoms with Crippen LogP contribution in [0.1, 0.15) is 59.4 Å². The van der Waals surface area contributed by atoms with Crippen molar-refractivity contribution in [1.82, 2.24) is 20.1 Å². The summed E-state index contributed by atoms with van der Waals surface area (Å²) in [5.74, 6) is -0.468. The van der Waals surface area contributed by atoms with Gasteiger partial charge in [-0.25, -0.2) is 4.98 Å². The molecule has 0 spiro atoms. The van der Waals surface area contributed by atoms with Gasteiger partial charge in [-0.1, -0.05) is 50.2 Å². The van der Waals surface area contributed by atoms with Crippen molar-refractivity contribution in [3.8, 4) is 10.4 Å². The van der Waals surface area contributed by atoms with Crippen LogP contribution in [0.5, 0.6) is 0 Å². The molecule has 198 valence electrons. The van der Waals surface area contributed by atoms with Crippen molar-refractivity contribution < 1.29 is 14.4 Å². The molecule has 2 aliphatic heterocycles. The highest BCUT2D eigenvalue weighted by Gasteiger charge is 2.43. The van der Waals surface area contributed by atoms with Gasteiger partial charge < -0.3 is 15.1 Å². The summed E-state index contributed by atoms with van der Waals surface area (Å²) >= 11 is 1.62. The van der Waals surface area contributed by atoms with E-state index in [1.165, 1.54) is 0 Å². The zero-order chi connectivity index (χ0) is 27.0. The molecular formula is C30H34N4O3S. The van der Waals surface area contributed by atoms with E-state index in [1.807, 2.05) is 63.5 Å². The molecule has 2 aliphatic rings. The number of fused-ring (bicyclic) bond motifs is 1. The lowest BCUT2D eigenvalue weighted by atomic mass is 10.00. The van der Waals surface area contributed by atoms with Crippen LogP contribution in [0.25, 0.3) is 10.4 Å². The second kappa shape index (κ2) is 10.7. The average molecular weight is 531 g/mol. The van der Waals surface area contributed by atoms with E-state index in [4.69, 9.17) is 0 Å². The van der Waals surface area contributed by atoms with Crippen LogP contribution in [0, 0.1) is 19.8 Å². The van der Waals surface area contributed by atoms with Crippen LogP contribution in [0.2, 0.25) is 0 Å². The van der Waals surface area contributed by atoms with Crippen LogP contribution in [-0.4, -0.2) is 51.1 Å². The minimum Gasteiger partial charge on any atom is -0.350 e. The van der Waals surface area contributed by atoms with Gasteiger partial charge in [-0.3, -0.25) is 14.4 Å². The molecule has 3 amide bonds. The van der Waals surface area contributed by atoms with Gasteiger partial charge in [-0.2, -0.15) is 0 Å². The second-order valence-corrected chi connectivity index (χ2v) is 11.4.